The van der Waals surface area contributed by atoms with E-state index in [1.165, 1.54) is 0 Å². The Hall–Kier alpha value is -0.920. The number of amides is 1. The molecule has 0 aliphatic carbocycles. The first-order chi connectivity index (χ1) is 9.16. The van der Waals surface area contributed by atoms with Crippen LogP contribution in [0.1, 0.15) is 16.9 Å². The van der Waals surface area contributed by atoms with Crippen LogP contribution >= 0.6 is 15.9 Å². The van der Waals surface area contributed by atoms with Gasteiger partial charge in [0, 0.05) is 32.9 Å². The smallest absolute Gasteiger partial charge is 0.272 e. The van der Waals surface area contributed by atoms with Gasteiger partial charge >= 0.3 is 0 Å². The van der Waals surface area contributed by atoms with Crippen molar-refractivity contribution in [2.45, 2.75) is 6.42 Å². The van der Waals surface area contributed by atoms with E-state index in [2.05, 4.69) is 31.2 Å². The molecule has 0 radical (unpaired) electrons. The lowest BCUT2D eigenvalue weighted by Crippen LogP contribution is -2.38. The van der Waals surface area contributed by atoms with Crippen molar-refractivity contribution in [3.05, 3.63) is 16.4 Å². The van der Waals surface area contributed by atoms with Gasteiger partial charge in [-0.05, 0) is 28.9 Å². The predicted molar refractivity (Wildman–Crippen MR) is 75.1 cm³/mol. The zero-order chi connectivity index (χ0) is 13.7. The van der Waals surface area contributed by atoms with Crippen molar-refractivity contribution in [1.29, 1.82) is 0 Å². The molecule has 0 atom stereocenters. The lowest BCUT2D eigenvalue weighted by Gasteiger charge is -2.26. The maximum atomic E-state index is 11.9. The molecule has 0 saturated carbocycles. The van der Waals surface area contributed by atoms with Crippen LogP contribution in [0.5, 0.6) is 0 Å². The van der Waals surface area contributed by atoms with Gasteiger partial charge in [-0.3, -0.25) is 14.4 Å². The number of aryl methyl sites for hydroxylation is 1. The molecule has 1 aliphatic heterocycles. The number of hydrogen-bond donors (Lipinski definition) is 1. The first-order valence-corrected chi connectivity index (χ1v) is 7.23. The molecule has 2 heterocycles. The molecule has 2 rings (SSSR count). The standard InChI is InChI=1S/C12H19BrN4O2/c1-16-9-10(13)11(15-16)12(18)14-3-2-4-17-5-7-19-8-6-17/h9H,2-8H2,1H3,(H,14,18). The molecule has 0 aromatic carbocycles. The second-order valence-corrected chi connectivity index (χ2v) is 5.42. The Morgan fingerprint density at radius 1 is 1.53 bits per heavy atom. The molecule has 1 N–H and O–H groups in total. The summed E-state index contributed by atoms with van der Waals surface area (Å²) in [5.74, 6) is -0.130. The van der Waals surface area contributed by atoms with Gasteiger partial charge in [0.05, 0.1) is 17.7 Å². The van der Waals surface area contributed by atoms with Gasteiger partial charge in [-0.25, -0.2) is 0 Å². The SMILES string of the molecule is Cn1cc(Br)c(C(=O)NCCCN2CCOCC2)n1. The van der Waals surface area contributed by atoms with E-state index in [9.17, 15) is 4.79 Å². The minimum Gasteiger partial charge on any atom is -0.379 e. The maximum absolute atomic E-state index is 11.9. The summed E-state index contributed by atoms with van der Waals surface area (Å²) in [6.07, 6.45) is 2.71. The fourth-order valence-electron chi connectivity index (χ4n) is 2.03. The van der Waals surface area contributed by atoms with Crippen molar-refractivity contribution in [2.75, 3.05) is 39.4 Å². The van der Waals surface area contributed by atoms with Crippen LogP contribution in [0.3, 0.4) is 0 Å². The van der Waals surface area contributed by atoms with Crippen molar-refractivity contribution in [3.63, 3.8) is 0 Å². The highest BCUT2D eigenvalue weighted by Crippen LogP contribution is 2.13. The van der Waals surface area contributed by atoms with E-state index in [0.717, 1.165) is 43.7 Å². The van der Waals surface area contributed by atoms with Crippen molar-refractivity contribution in [2.24, 2.45) is 7.05 Å². The van der Waals surface area contributed by atoms with Crippen LogP contribution in [0.15, 0.2) is 10.7 Å². The topological polar surface area (TPSA) is 59.4 Å². The van der Waals surface area contributed by atoms with Crippen LogP contribution in [0.2, 0.25) is 0 Å². The van der Waals surface area contributed by atoms with Crippen molar-refractivity contribution < 1.29 is 9.53 Å². The fraction of sp³-hybridized carbons (Fsp3) is 0.667. The quantitative estimate of drug-likeness (QED) is 0.805. The van der Waals surface area contributed by atoms with E-state index < -0.39 is 0 Å². The van der Waals surface area contributed by atoms with Gasteiger partial charge < -0.3 is 10.1 Å². The molecule has 6 nitrogen and oxygen atoms in total. The third kappa shape index (κ3) is 4.29. The zero-order valence-corrected chi connectivity index (χ0v) is 12.6. The van der Waals surface area contributed by atoms with E-state index in [1.54, 1.807) is 17.9 Å². The van der Waals surface area contributed by atoms with Gasteiger partial charge in [0.15, 0.2) is 5.69 Å². The summed E-state index contributed by atoms with van der Waals surface area (Å²) in [5.41, 5.74) is 0.439. The largest absolute Gasteiger partial charge is 0.379 e. The molecule has 1 fully saturated rings. The number of ether oxygens (including phenoxy) is 1. The van der Waals surface area contributed by atoms with Crippen molar-refractivity contribution >= 4 is 21.8 Å². The highest BCUT2D eigenvalue weighted by Gasteiger charge is 2.14. The lowest BCUT2D eigenvalue weighted by molar-refractivity contribution is 0.0374. The summed E-state index contributed by atoms with van der Waals surface area (Å²) in [7, 11) is 1.79. The number of carbonyl (C=O) groups excluding carboxylic acids is 1. The Balaban J connectivity index is 1.67. The number of carbonyl (C=O) groups is 1. The lowest BCUT2D eigenvalue weighted by atomic mass is 10.3. The second kappa shape index (κ2) is 7.02. The third-order valence-electron chi connectivity index (χ3n) is 3.04. The van der Waals surface area contributed by atoms with E-state index in [-0.39, 0.29) is 5.91 Å². The molecular weight excluding hydrogens is 312 g/mol. The number of halogens is 1. The molecule has 0 unspecified atom stereocenters. The Kier molecular flexibility index (Phi) is 5.35. The molecule has 7 heteroatoms. The Labute approximate surface area is 121 Å². The second-order valence-electron chi connectivity index (χ2n) is 4.56. The molecule has 1 saturated heterocycles. The normalized spacial score (nSPS) is 16.5. The monoisotopic (exact) mass is 330 g/mol. The summed E-state index contributed by atoms with van der Waals surface area (Å²) in [6, 6.07) is 0. The van der Waals surface area contributed by atoms with E-state index in [0.29, 0.717) is 12.2 Å². The molecule has 0 spiro atoms. The molecule has 1 aromatic rings. The van der Waals surface area contributed by atoms with Crippen LogP contribution in [0.4, 0.5) is 0 Å². The molecule has 1 aromatic heterocycles. The van der Waals surface area contributed by atoms with Gasteiger partial charge in [-0.1, -0.05) is 0 Å². The average Bonchev–Trinajstić information content (AvgIpc) is 2.75. The molecular formula is C12H19BrN4O2. The average molecular weight is 331 g/mol. The minimum atomic E-state index is -0.130. The highest BCUT2D eigenvalue weighted by molar-refractivity contribution is 9.10. The summed E-state index contributed by atoms with van der Waals surface area (Å²) in [5, 5.41) is 7.00. The number of aromatic nitrogens is 2. The van der Waals surface area contributed by atoms with Gasteiger partial charge in [-0.15, -0.1) is 0 Å². The third-order valence-corrected chi connectivity index (χ3v) is 3.62. The van der Waals surface area contributed by atoms with E-state index >= 15 is 0 Å². The maximum Gasteiger partial charge on any atom is 0.272 e. The van der Waals surface area contributed by atoms with Crippen LogP contribution < -0.4 is 5.32 Å². The van der Waals surface area contributed by atoms with Gasteiger partial charge in [0.2, 0.25) is 0 Å². The summed E-state index contributed by atoms with van der Waals surface area (Å²) < 4.78 is 7.63. The van der Waals surface area contributed by atoms with Crippen molar-refractivity contribution in [3.8, 4) is 0 Å². The summed E-state index contributed by atoms with van der Waals surface area (Å²) >= 11 is 3.32. The number of hydrogen-bond acceptors (Lipinski definition) is 4. The van der Waals surface area contributed by atoms with E-state index in [1.807, 2.05) is 0 Å². The molecule has 1 aliphatic rings. The number of nitrogens with one attached hydrogen (secondary N) is 1. The van der Waals surface area contributed by atoms with E-state index in [4.69, 9.17) is 4.74 Å². The summed E-state index contributed by atoms with van der Waals surface area (Å²) in [6.45, 7) is 5.26. The van der Waals surface area contributed by atoms with Crippen LogP contribution in [-0.2, 0) is 11.8 Å². The van der Waals surface area contributed by atoms with Gasteiger partial charge in [-0.2, -0.15) is 5.10 Å². The Bertz CT molecular complexity index is 429. The zero-order valence-electron chi connectivity index (χ0n) is 11.1. The number of nitrogens with zero attached hydrogens (tertiary/aromatic N) is 3. The fourth-order valence-corrected chi connectivity index (χ4v) is 2.58. The molecule has 19 heavy (non-hydrogen) atoms. The molecule has 106 valence electrons. The number of rotatable bonds is 5. The number of morpholine rings is 1. The summed E-state index contributed by atoms with van der Waals surface area (Å²) in [4.78, 5) is 14.2. The Morgan fingerprint density at radius 2 is 2.26 bits per heavy atom. The first kappa shape index (κ1) is 14.5. The first-order valence-electron chi connectivity index (χ1n) is 6.44. The molecule has 1 amide bonds. The molecule has 0 bridgehead atoms. The predicted octanol–water partition coefficient (Wildman–Crippen LogP) is 0.635. The van der Waals surface area contributed by atoms with Gasteiger partial charge in [0.25, 0.3) is 5.91 Å². The van der Waals surface area contributed by atoms with Crippen LogP contribution in [0.25, 0.3) is 0 Å². The van der Waals surface area contributed by atoms with Crippen molar-refractivity contribution in [1.82, 2.24) is 20.0 Å². The van der Waals surface area contributed by atoms with Gasteiger partial charge in [0.1, 0.15) is 0 Å². The minimum absolute atomic E-state index is 0.130. The Morgan fingerprint density at radius 3 is 2.89 bits per heavy atom. The van der Waals surface area contributed by atoms with Crippen LogP contribution in [0, 0.1) is 0 Å². The highest BCUT2D eigenvalue weighted by atomic mass is 79.9. The van der Waals surface area contributed by atoms with Crippen LogP contribution in [-0.4, -0.2) is 60.0 Å².